The van der Waals surface area contributed by atoms with Crippen LogP contribution in [0.25, 0.3) is 0 Å². The van der Waals surface area contributed by atoms with E-state index in [1.807, 2.05) is 13.1 Å². The minimum absolute atomic E-state index is 0.0192. The number of terminal acetylenes is 1. The maximum atomic E-state index is 5.40. The Morgan fingerprint density at radius 3 is 2.77 bits per heavy atom. The molecule has 0 aliphatic heterocycles. The van der Waals surface area contributed by atoms with Crippen LogP contribution in [0, 0.1) is 19.3 Å². The Hall–Kier alpha value is -0.780. The van der Waals surface area contributed by atoms with E-state index in [1.54, 1.807) is 0 Å². The Balaban J connectivity index is 3.13. The highest BCUT2D eigenvalue weighted by atomic mass is 79.9. The minimum atomic E-state index is -0.0192. The average Bonchev–Trinajstić information content (AvgIpc) is 2.13. The van der Waals surface area contributed by atoms with E-state index in [-0.39, 0.29) is 6.04 Å². The summed E-state index contributed by atoms with van der Waals surface area (Å²) in [5.41, 5.74) is 2.33. The summed E-state index contributed by atoms with van der Waals surface area (Å²) in [6.45, 7) is 2.05. The van der Waals surface area contributed by atoms with E-state index < -0.39 is 0 Å². The zero-order valence-corrected chi connectivity index (χ0v) is 9.35. The first kappa shape index (κ1) is 10.3. The number of rotatable bonds is 2. The van der Waals surface area contributed by atoms with E-state index in [9.17, 15) is 0 Å². The first-order valence-corrected chi connectivity index (χ1v) is 4.87. The van der Waals surface area contributed by atoms with Crippen LogP contribution in [-0.2, 0) is 0 Å². The van der Waals surface area contributed by atoms with Crippen molar-refractivity contribution >= 4 is 15.9 Å². The standard InChI is InChI=1S/C11H12BrN/c1-4-11(13-3)9-7-8(2)5-6-10(9)12/h1,5-7,11,13H,2-3H3. The van der Waals surface area contributed by atoms with Crippen LogP contribution in [0.5, 0.6) is 0 Å². The summed E-state index contributed by atoms with van der Waals surface area (Å²) in [5.74, 6) is 2.69. The predicted octanol–water partition coefficient (Wildman–Crippen LogP) is 2.65. The van der Waals surface area contributed by atoms with Crippen molar-refractivity contribution in [2.24, 2.45) is 0 Å². The summed E-state index contributed by atoms with van der Waals surface area (Å²) < 4.78 is 1.05. The SMILES string of the molecule is C#CC(NC)c1cc(C)ccc1Br. The second-order valence-electron chi connectivity index (χ2n) is 2.91. The predicted molar refractivity (Wildman–Crippen MR) is 59.5 cm³/mol. The van der Waals surface area contributed by atoms with Gasteiger partial charge in [-0.25, -0.2) is 0 Å². The van der Waals surface area contributed by atoms with Gasteiger partial charge in [0.1, 0.15) is 0 Å². The van der Waals surface area contributed by atoms with Gasteiger partial charge in [0, 0.05) is 4.47 Å². The Labute approximate surface area is 87.7 Å². The van der Waals surface area contributed by atoms with Crippen molar-refractivity contribution in [3.8, 4) is 12.3 Å². The molecule has 1 aromatic rings. The second kappa shape index (κ2) is 4.45. The van der Waals surface area contributed by atoms with Gasteiger partial charge in [-0.15, -0.1) is 6.42 Å². The lowest BCUT2D eigenvalue weighted by Gasteiger charge is -2.12. The molecule has 0 aliphatic carbocycles. The fourth-order valence-electron chi connectivity index (χ4n) is 1.21. The molecular formula is C11H12BrN. The van der Waals surface area contributed by atoms with E-state index in [4.69, 9.17) is 6.42 Å². The maximum absolute atomic E-state index is 5.40. The molecule has 0 aliphatic rings. The number of nitrogens with one attached hydrogen (secondary N) is 1. The van der Waals surface area contributed by atoms with Crippen molar-refractivity contribution in [1.82, 2.24) is 5.32 Å². The van der Waals surface area contributed by atoms with Gasteiger partial charge in [-0.3, -0.25) is 0 Å². The minimum Gasteiger partial charge on any atom is -0.303 e. The third kappa shape index (κ3) is 2.33. The van der Waals surface area contributed by atoms with Crippen LogP contribution < -0.4 is 5.32 Å². The van der Waals surface area contributed by atoms with Gasteiger partial charge in [-0.1, -0.05) is 39.5 Å². The summed E-state index contributed by atoms with van der Waals surface area (Å²) in [7, 11) is 1.86. The van der Waals surface area contributed by atoms with Crippen molar-refractivity contribution in [3.05, 3.63) is 33.8 Å². The number of aryl methyl sites for hydroxylation is 1. The lowest BCUT2D eigenvalue weighted by Crippen LogP contribution is -2.14. The molecule has 0 saturated heterocycles. The van der Waals surface area contributed by atoms with Crippen LogP contribution in [0.3, 0.4) is 0 Å². The van der Waals surface area contributed by atoms with Crippen LogP contribution in [0.2, 0.25) is 0 Å². The lowest BCUT2D eigenvalue weighted by atomic mass is 10.1. The second-order valence-corrected chi connectivity index (χ2v) is 3.77. The summed E-state index contributed by atoms with van der Waals surface area (Å²) in [4.78, 5) is 0. The first-order valence-electron chi connectivity index (χ1n) is 4.08. The Bertz CT molecular complexity index is 338. The monoisotopic (exact) mass is 237 g/mol. The van der Waals surface area contributed by atoms with E-state index in [1.165, 1.54) is 5.56 Å². The zero-order chi connectivity index (χ0) is 9.84. The molecule has 68 valence electrons. The molecule has 13 heavy (non-hydrogen) atoms. The number of hydrogen-bond donors (Lipinski definition) is 1. The third-order valence-corrected chi connectivity index (χ3v) is 2.64. The zero-order valence-electron chi connectivity index (χ0n) is 7.76. The van der Waals surface area contributed by atoms with Crippen molar-refractivity contribution in [1.29, 1.82) is 0 Å². The maximum Gasteiger partial charge on any atom is 0.0951 e. The average molecular weight is 238 g/mol. The topological polar surface area (TPSA) is 12.0 Å². The molecular weight excluding hydrogens is 226 g/mol. The van der Waals surface area contributed by atoms with Crippen molar-refractivity contribution in [3.63, 3.8) is 0 Å². The largest absolute Gasteiger partial charge is 0.303 e. The van der Waals surface area contributed by atoms with Crippen molar-refractivity contribution < 1.29 is 0 Å². The molecule has 0 bridgehead atoms. The Morgan fingerprint density at radius 1 is 1.54 bits per heavy atom. The van der Waals surface area contributed by atoms with E-state index in [0.29, 0.717) is 0 Å². The Kier molecular flexibility index (Phi) is 3.53. The van der Waals surface area contributed by atoms with Crippen LogP contribution in [0.4, 0.5) is 0 Å². The lowest BCUT2D eigenvalue weighted by molar-refractivity contribution is 0.733. The van der Waals surface area contributed by atoms with Gasteiger partial charge in [0.25, 0.3) is 0 Å². The van der Waals surface area contributed by atoms with Crippen LogP contribution in [0.1, 0.15) is 17.2 Å². The molecule has 1 rings (SSSR count). The van der Waals surface area contributed by atoms with Gasteiger partial charge < -0.3 is 5.32 Å². The smallest absolute Gasteiger partial charge is 0.0951 e. The normalized spacial score (nSPS) is 12.2. The highest BCUT2D eigenvalue weighted by Crippen LogP contribution is 2.23. The molecule has 1 atom stereocenters. The van der Waals surface area contributed by atoms with Gasteiger partial charge in [0.15, 0.2) is 0 Å². The molecule has 2 heteroatoms. The summed E-state index contributed by atoms with van der Waals surface area (Å²) in [6.07, 6.45) is 5.40. The van der Waals surface area contributed by atoms with E-state index >= 15 is 0 Å². The van der Waals surface area contributed by atoms with E-state index in [0.717, 1.165) is 10.0 Å². The Morgan fingerprint density at radius 2 is 2.23 bits per heavy atom. The van der Waals surface area contributed by atoms with Crippen LogP contribution in [-0.4, -0.2) is 7.05 Å². The molecule has 0 fully saturated rings. The molecule has 1 N–H and O–H groups in total. The van der Waals surface area contributed by atoms with Gasteiger partial charge in [0.2, 0.25) is 0 Å². The molecule has 0 saturated carbocycles. The number of benzene rings is 1. The molecule has 1 nitrogen and oxygen atoms in total. The third-order valence-electron chi connectivity index (χ3n) is 1.92. The highest BCUT2D eigenvalue weighted by molar-refractivity contribution is 9.10. The fourth-order valence-corrected chi connectivity index (χ4v) is 1.69. The fraction of sp³-hybridized carbons (Fsp3) is 0.273. The molecule has 0 amide bonds. The van der Waals surface area contributed by atoms with Gasteiger partial charge in [-0.2, -0.15) is 0 Å². The summed E-state index contributed by atoms with van der Waals surface area (Å²) >= 11 is 3.48. The van der Waals surface area contributed by atoms with Crippen molar-refractivity contribution in [2.75, 3.05) is 7.05 Å². The highest BCUT2D eigenvalue weighted by Gasteiger charge is 2.08. The number of hydrogen-bond acceptors (Lipinski definition) is 1. The molecule has 1 aromatic carbocycles. The molecule has 0 aromatic heterocycles. The molecule has 0 spiro atoms. The first-order chi connectivity index (χ1) is 6.19. The van der Waals surface area contributed by atoms with Gasteiger partial charge in [0.05, 0.1) is 6.04 Å². The van der Waals surface area contributed by atoms with Gasteiger partial charge in [-0.05, 0) is 25.6 Å². The van der Waals surface area contributed by atoms with Crippen LogP contribution >= 0.6 is 15.9 Å². The van der Waals surface area contributed by atoms with Crippen LogP contribution in [0.15, 0.2) is 22.7 Å². The van der Waals surface area contributed by atoms with Gasteiger partial charge >= 0.3 is 0 Å². The summed E-state index contributed by atoms with van der Waals surface area (Å²) in [6, 6.07) is 6.14. The molecule has 1 unspecified atom stereocenters. The quantitative estimate of drug-likeness (QED) is 0.781. The summed E-state index contributed by atoms with van der Waals surface area (Å²) in [5, 5.41) is 3.07. The number of halogens is 1. The van der Waals surface area contributed by atoms with Crippen molar-refractivity contribution in [2.45, 2.75) is 13.0 Å². The molecule has 0 heterocycles. The molecule has 0 radical (unpaired) electrons. The van der Waals surface area contributed by atoms with E-state index in [2.05, 4.69) is 46.2 Å².